The summed E-state index contributed by atoms with van der Waals surface area (Å²) >= 11 is 0. The molecule has 0 radical (unpaired) electrons. The van der Waals surface area contributed by atoms with Crippen molar-refractivity contribution in [2.24, 2.45) is 0 Å². The molecule has 0 bridgehead atoms. The van der Waals surface area contributed by atoms with E-state index in [1.54, 1.807) is 0 Å². The van der Waals surface area contributed by atoms with Gasteiger partial charge in [0.15, 0.2) is 6.20 Å². The number of ketones is 1. The molecule has 2 aromatic carbocycles. The van der Waals surface area contributed by atoms with Crippen molar-refractivity contribution >= 4 is 24.5 Å². The molecule has 0 saturated heterocycles. The number of fused-ring (bicyclic) bond motifs is 1. The van der Waals surface area contributed by atoms with E-state index in [0.29, 0.717) is 6.54 Å². The van der Waals surface area contributed by atoms with Crippen LogP contribution in [0.1, 0.15) is 10.4 Å². The minimum atomic E-state index is -10.7. The zero-order valence-electron chi connectivity index (χ0n) is 13.2. The Hall–Kier alpha value is -2.47. The van der Waals surface area contributed by atoms with Gasteiger partial charge in [0.25, 0.3) is 0 Å². The zero-order chi connectivity index (χ0) is 19.5. The summed E-state index contributed by atoms with van der Waals surface area (Å²) in [5, 5.41) is 1.14. The van der Waals surface area contributed by atoms with Crippen LogP contribution in [-0.2, 0) is 6.54 Å². The van der Waals surface area contributed by atoms with Crippen LogP contribution in [0.3, 0.4) is 0 Å². The van der Waals surface area contributed by atoms with Crippen molar-refractivity contribution in [2.45, 2.75) is 6.54 Å². The molecule has 1 aromatic heterocycles. The average Bonchev–Trinajstić information content (AvgIpc) is 2.53. The van der Waals surface area contributed by atoms with E-state index in [4.69, 9.17) is 0 Å². The molecule has 2 nitrogen and oxygen atoms in total. The zero-order valence-corrected chi connectivity index (χ0v) is 14.1. The molecule has 1 heterocycles. The van der Waals surface area contributed by atoms with Crippen LogP contribution in [0, 0.1) is 0 Å². The predicted molar refractivity (Wildman–Crippen MR) is 88.5 cm³/mol. The fraction of sp³-hybridized carbons (Fsp3) is 0.0588. The summed E-state index contributed by atoms with van der Waals surface area (Å²) in [6, 6.07) is 21.5. The summed E-state index contributed by atoms with van der Waals surface area (Å²) in [5.41, 5.74) is 1.83. The maximum Gasteiger partial charge on any atom is 0.227 e. The summed E-state index contributed by atoms with van der Waals surface area (Å²) < 4.78 is 61.2. The summed E-state index contributed by atoms with van der Waals surface area (Å²) in [6.07, 6.45) is 1.95. The third-order valence-corrected chi connectivity index (χ3v) is 3.20. The van der Waals surface area contributed by atoms with Gasteiger partial charge in [0.2, 0.25) is 17.8 Å². The number of hydrogen-bond acceptors (Lipinski definition) is 1. The third kappa shape index (κ3) is 7.61. The number of hydrogen-bond donors (Lipinski definition) is 0. The second-order valence-corrected chi connectivity index (χ2v) is 7.36. The smallest absolute Gasteiger partial charge is 0.227 e. The first-order valence-electron chi connectivity index (χ1n) is 7.31. The van der Waals surface area contributed by atoms with Crippen LogP contribution in [0.25, 0.3) is 10.9 Å². The Labute approximate surface area is 144 Å². The number of benzene rings is 2. The molecule has 3 rings (SSSR count). The molecule has 0 aliphatic carbocycles. The van der Waals surface area contributed by atoms with Gasteiger partial charge >= 0.3 is 33.0 Å². The largest absolute Gasteiger partial charge is 0.287 e. The Balaban J connectivity index is 0.000000298. The summed E-state index contributed by atoms with van der Waals surface area (Å²) in [4.78, 5) is 12.2. The first kappa shape index (κ1) is 19.8. The molecule has 0 spiro atoms. The van der Waals surface area contributed by atoms with E-state index < -0.39 is 7.81 Å². The number of rotatable bonds is 3. The normalized spacial score (nSPS) is 13.9. The molecule has 0 aliphatic heterocycles. The number of nitrogens with zero attached hydrogens (tertiary/aromatic N) is 1. The van der Waals surface area contributed by atoms with Gasteiger partial charge in [-0.15, -0.1) is 0 Å². The standard InChI is InChI=1S/C17H14NO.F6P/c19-17(15-8-2-1-3-9-15)13-18-12-6-10-14-7-4-5-11-16(14)18;1-7(2,3,4,5)6/h1-12H,13H2;/q+1;-1. The van der Waals surface area contributed by atoms with Crippen LogP contribution in [0.4, 0.5) is 25.2 Å². The van der Waals surface area contributed by atoms with Crippen molar-refractivity contribution in [3.63, 3.8) is 0 Å². The maximum atomic E-state index is 12.2. The number of carbonyl (C=O) groups excluding carboxylic acids is 1. The molecule has 9 heteroatoms. The van der Waals surface area contributed by atoms with Gasteiger partial charge in [-0.05, 0) is 12.1 Å². The monoisotopic (exact) mass is 393 g/mol. The van der Waals surface area contributed by atoms with Gasteiger partial charge in [-0.1, -0.05) is 42.5 Å². The molecule has 0 saturated carbocycles. The second-order valence-electron chi connectivity index (χ2n) is 5.44. The maximum absolute atomic E-state index is 12.2. The quantitative estimate of drug-likeness (QED) is 0.219. The summed E-state index contributed by atoms with van der Waals surface area (Å²) in [6.45, 7) is 0.366. The fourth-order valence-electron chi connectivity index (χ4n) is 2.23. The SMILES string of the molecule is F[P-](F)(F)(F)(F)F.O=C(C[n+]1cccc2ccccc21)c1ccccc1. The van der Waals surface area contributed by atoms with Crippen LogP contribution in [-0.4, -0.2) is 5.78 Å². The second kappa shape index (κ2) is 6.36. The number of Topliss-reactive ketones (excluding diaryl/α,β-unsaturated/α-hetero) is 1. The van der Waals surface area contributed by atoms with Gasteiger partial charge in [-0.2, -0.15) is 4.57 Å². The average molecular weight is 393 g/mol. The van der Waals surface area contributed by atoms with Crippen molar-refractivity contribution in [3.05, 3.63) is 78.5 Å². The molecule has 0 N–H and O–H groups in total. The van der Waals surface area contributed by atoms with Crippen LogP contribution in [0.5, 0.6) is 0 Å². The Bertz CT molecular complexity index is 910. The summed E-state index contributed by atoms with van der Waals surface area (Å²) in [7, 11) is -10.7. The van der Waals surface area contributed by atoms with Crippen molar-refractivity contribution < 1.29 is 34.5 Å². The van der Waals surface area contributed by atoms with Crippen molar-refractivity contribution in [1.82, 2.24) is 0 Å². The van der Waals surface area contributed by atoms with E-state index in [0.717, 1.165) is 16.5 Å². The minimum Gasteiger partial charge on any atom is -0.287 e. The van der Waals surface area contributed by atoms with Crippen LogP contribution in [0.15, 0.2) is 72.9 Å². The molecule has 0 aliphatic rings. The number of para-hydroxylation sites is 1. The Kier molecular flexibility index (Phi) is 4.85. The molecular weight excluding hydrogens is 379 g/mol. The number of pyridine rings is 1. The van der Waals surface area contributed by atoms with Crippen LogP contribution < -0.4 is 4.57 Å². The van der Waals surface area contributed by atoms with Gasteiger partial charge in [0.05, 0.1) is 0 Å². The van der Waals surface area contributed by atoms with E-state index in [-0.39, 0.29) is 5.78 Å². The third-order valence-electron chi connectivity index (χ3n) is 3.20. The topological polar surface area (TPSA) is 20.9 Å². The van der Waals surface area contributed by atoms with Gasteiger partial charge in [-0.25, -0.2) is 0 Å². The molecule has 0 fully saturated rings. The van der Waals surface area contributed by atoms with E-state index in [1.807, 2.05) is 65.4 Å². The molecule has 0 amide bonds. The minimum absolute atomic E-state index is 0.127. The first-order chi connectivity index (χ1) is 11.8. The van der Waals surface area contributed by atoms with Crippen molar-refractivity contribution in [2.75, 3.05) is 0 Å². The van der Waals surface area contributed by atoms with Crippen molar-refractivity contribution in [1.29, 1.82) is 0 Å². The molecular formula is C17H14F6NOP. The molecule has 3 aromatic rings. The number of carbonyl (C=O) groups is 1. The van der Waals surface area contributed by atoms with Gasteiger partial charge in [0, 0.05) is 23.1 Å². The fourth-order valence-corrected chi connectivity index (χ4v) is 2.23. The summed E-state index contributed by atoms with van der Waals surface area (Å²) in [5.74, 6) is 0.127. The van der Waals surface area contributed by atoms with E-state index in [2.05, 4.69) is 12.1 Å². The first-order valence-corrected chi connectivity index (χ1v) is 9.34. The van der Waals surface area contributed by atoms with Crippen LogP contribution in [0.2, 0.25) is 0 Å². The van der Waals surface area contributed by atoms with E-state index in [1.165, 1.54) is 0 Å². The Morgan fingerprint density at radius 1 is 0.769 bits per heavy atom. The molecule has 26 heavy (non-hydrogen) atoms. The number of aromatic nitrogens is 1. The Morgan fingerprint density at radius 3 is 1.88 bits per heavy atom. The Morgan fingerprint density at radius 2 is 1.27 bits per heavy atom. The predicted octanol–water partition coefficient (Wildman–Crippen LogP) is 6.39. The molecule has 0 atom stereocenters. The van der Waals surface area contributed by atoms with E-state index >= 15 is 0 Å². The van der Waals surface area contributed by atoms with Gasteiger partial charge in [-0.3, -0.25) is 4.79 Å². The van der Waals surface area contributed by atoms with Gasteiger partial charge < -0.3 is 0 Å². The van der Waals surface area contributed by atoms with Crippen molar-refractivity contribution in [3.8, 4) is 0 Å². The van der Waals surface area contributed by atoms with E-state index in [9.17, 15) is 30.0 Å². The van der Waals surface area contributed by atoms with Crippen LogP contribution >= 0.6 is 7.81 Å². The number of halogens is 6. The van der Waals surface area contributed by atoms with Gasteiger partial charge in [0.1, 0.15) is 0 Å². The molecule has 0 unspecified atom stereocenters. The molecule has 140 valence electrons.